The van der Waals surface area contributed by atoms with Crippen LogP contribution in [0.5, 0.6) is 5.75 Å². The zero-order valence-electron chi connectivity index (χ0n) is 10.8. The van der Waals surface area contributed by atoms with E-state index in [2.05, 4.69) is 14.9 Å². The van der Waals surface area contributed by atoms with Crippen LogP contribution < -0.4 is 4.74 Å². The predicted octanol–water partition coefficient (Wildman–Crippen LogP) is 2.12. The van der Waals surface area contributed by atoms with Gasteiger partial charge >= 0.3 is 0 Å². The first-order valence-electron chi connectivity index (χ1n) is 6.32. The maximum Gasteiger partial charge on any atom is 0.131 e. The van der Waals surface area contributed by atoms with E-state index in [4.69, 9.17) is 4.74 Å². The normalized spacial score (nSPS) is 15.3. The van der Waals surface area contributed by atoms with Gasteiger partial charge in [0.25, 0.3) is 0 Å². The molecular formula is C14H16FN3O. The fourth-order valence-corrected chi connectivity index (χ4v) is 2.43. The summed E-state index contributed by atoms with van der Waals surface area (Å²) in [6, 6.07) is 5.02. The molecule has 1 aliphatic heterocycles. The smallest absolute Gasteiger partial charge is 0.131 e. The highest BCUT2D eigenvalue weighted by molar-refractivity contribution is 5.29. The summed E-state index contributed by atoms with van der Waals surface area (Å²) in [5.41, 5.74) is 2.97. The highest BCUT2D eigenvalue weighted by Crippen LogP contribution is 2.21. The van der Waals surface area contributed by atoms with Gasteiger partial charge in [0.15, 0.2) is 0 Å². The molecule has 5 heteroatoms. The van der Waals surface area contributed by atoms with Gasteiger partial charge in [-0.2, -0.15) is 0 Å². The lowest BCUT2D eigenvalue weighted by atomic mass is 10.1. The van der Waals surface area contributed by atoms with Crippen LogP contribution >= 0.6 is 0 Å². The summed E-state index contributed by atoms with van der Waals surface area (Å²) in [6.45, 7) is 2.30. The fraction of sp³-hybridized carbons (Fsp3) is 0.357. The molecule has 0 aliphatic carbocycles. The number of ether oxygens (including phenoxy) is 1. The second kappa shape index (κ2) is 5.01. The van der Waals surface area contributed by atoms with Crippen LogP contribution in [-0.2, 0) is 19.5 Å². The summed E-state index contributed by atoms with van der Waals surface area (Å²) in [6.07, 6.45) is 2.64. The molecule has 0 spiro atoms. The molecule has 0 amide bonds. The van der Waals surface area contributed by atoms with E-state index >= 15 is 0 Å². The number of halogens is 1. The van der Waals surface area contributed by atoms with E-state index in [-0.39, 0.29) is 5.82 Å². The number of hydrogen-bond donors (Lipinski definition) is 1. The molecule has 1 aromatic heterocycles. The van der Waals surface area contributed by atoms with Gasteiger partial charge in [-0.15, -0.1) is 0 Å². The van der Waals surface area contributed by atoms with Crippen LogP contribution in [-0.4, -0.2) is 28.5 Å². The minimum absolute atomic E-state index is 0.213. The van der Waals surface area contributed by atoms with Crippen LogP contribution in [0, 0.1) is 5.82 Å². The van der Waals surface area contributed by atoms with Crippen molar-refractivity contribution in [2.75, 3.05) is 13.7 Å². The molecule has 0 unspecified atom stereocenters. The molecule has 0 fully saturated rings. The van der Waals surface area contributed by atoms with Gasteiger partial charge in [-0.1, -0.05) is 6.07 Å². The highest BCUT2D eigenvalue weighted by atomic mass is 19.1. The number of nitrogens with zero attached hydrogens (tertiary/aromatic N) is 2. The van der Waals surface area contributed by atoms with Gasteiger partial charge in [0.2, 0.25) is 0 Å². The van der Waals surface area contributed by atoms with Crippen molar-refractivity contribution < 1.29 is 9.13 Å². The quantitative estimate of drug-likeness (QED) is 0.920. The van der Waals surface area contributed by atoms with Crippen molar-refractivity contribution in [1.29, 1.82) is 0 Å². The van der Waals surface area contributed by atoms with E-state index < -0.39 is 0 Å². The average Bonchev–Trinajstić information content (AvgIpc) is 2.88. The Kier molecular flexibility index (Phi) is 3.21. The Morgan fingerprint density at radius 2 is 2.37 bits per heavy atom. The van der Waals surface area contributed by atoms with Gasteiger partial charge in [0.05, 0.1) is 24.8 Å². The Balaban J connectivity index is 1.73. The molecule has 2 heterocycles. The molecule has 0 radical (unpaired) electrons. The standard InChI is InChI=1S/C14H16FN3O/c1-19-11-3-2-10(12(15)6-11)7-18-5-4-13-14(8-18)17-9-16-13/h2-3,6,9H,4-5,7-8H2,1H3,(H,16,17). The van der Waals surface area contributed by atoms with E-state index in [1.807, 2.05) is 0 Å². The van der Waals surface area contributed by atoms with Crippen LogP contribution in [0.1, 0.15) is 17.0 Å². The number of hydrogen-bond acceptors (Lipinski definition) is 3. The summed E-state index contributed by atoms with van der Waals surface area (Å²) >= 11 is 0. The minimum Gasteiger partial charge on any atom is -0.497 e. The van der Waals surface area contributed by atoms with Crippen molar-refractivity contribution in [1.82, 2.24) is 14.9 Å². The minimum atomic E-state index is -0.213. The van der Waals surface area contributed by atoms with Crippen LogP contribution in [0.25, 0.3) is 0 Å². The Morgan fingerprint density at radius 1 is 1.47 bits per heavy atom. The molecule has 0 saturated heterocycles. The summed E-state index contributed by atoms with van der Waals surface area (Å²) < 4.78 is 18.9. The monoisotopic (exact) mass is 261 g/mol. The van der Waals surface area contributed by atoms with Crippen molar-refractivity contribution in [3.8, 4) is 5.75 Å². The summed E-state index contributed by atoms with van der Waals surface area (Å²) in [4.78, 5) is 9.62. The molecule has 0 saturated carbocycles. The first-order chi connectivity index (χ1) is 9.26. The number of imidazole rings is 1. The molecule has 4 nitrogen and oxygen atoms in total. The Labute approximate surface area is 111 Å². The van der Waals surface area contributed by atoms with Gasteiger partial charge in [-0.05, 0) is 6.07 Å². The number of nitrogens with one attached hydrogen (secondary N) is 1. The molecule has 0 bridgehead atoms. The van der Waals surface area contributed by atoms with E-state index in [9.17, 15) is 4.39 Å². The second-order valence-electron chi connectivity index (χ2n) is 4.75. The molecular weight excluding hydrogens is 245 g/mol. The number of fused-ring (bicyclic) bond motifs is 1. The molecule has 19 heavy (non-hydrogen) atoms. The van der Waals surface area contributed by atoms with Crippen molar-refractivity contribution in [3.05, 3.63) is 47.3 Å². The van der Waals surface area contributed by atoms with Crippen molar-refractivity contribution in [2.24, 2.45) is 0 Å². The zero-order chi connectivity index (χ0) is 13.2. The second-order valence-corrected chi connectivity index (χ2v) is 4.75. The molecule has 0 atom stereocenters. The third kappa shape index (κ3) is 2.46. The summed E-state index contributed by atoms with van der Waals surface area (Å²) in [5, 5.41) is 0. The molecule has 1 aliphatic rings. The number of H-pyrrole nitrogens is 1. The van der Waals surface area contributed by atoms with E-state index in [1.165, 1.54) is 6.07 Å². The van der Waals surface area contributed by atoms with Gasteiger partial charge < -0.3 is 9.72 Å². The van der Waals surface area contributed by atoms with E-state index in [0.717, 1.165) is 30.9 Å². The van der Waals surface area contributed by atoms with Crippen LogP contribution in [0.15, 0.2) is 24.5 Å². The van der Waals surface area contributed by atoms with Crippen LogP contribution in [0.3, 0.4) is 0 Å². The SMILES string of the molecule is COc1ccc(CN2CCc3nc[nH]c3C2)c(F)c1. The predicted molar refractivity (Wildman–Crippen MR) is 69.4 cm³/mol. The first kappa shape index (κ1) is 12.2. The fourth-order valence-electron chi connectivity index (χ4n) is 2.43. The third-order valence-electron chi connectivity index (χ3n) is 3.51. The van der Waals surface area contributed by atoms with E-state index in [1.54, 1.807) is 25.6 Å². The summed E-state index contributed by atoms with van der Waals surface area (Å²) in [5.74, 6) is 0.338. The van der Waals surface area contributed by atoms with Crippen molar-refractivity contribution in [2.45, 2.75) is 19.5 Å². The number of aromatic amines is 1. The van der Waals surface area contributed by atoms with Crippen molar-refractivity contribution >= 4 is 0 Å². The first-order valence-corrected chi connectivity index (χ1v) is 6.32. The number of rotatable bonds is 3. The maximum absolute atomic E-state index is 13.9. The number of benzene rings is 1. The van der Waals surface area contributed by atoms with Gasteiger partial charge in [-0.3, -0.25) is 4.90 Å². The molecule has 1 aromatic carbocycles. The maximum atomic E-state index is 13.9. The summed E-state index contributed by atoms with van der Waals surface area (Å²) in [7, 11) is 1.54. The lowest BCUT2D eigenvalue weighted by Gasteiger charge is -2.26. The molecule has 2 aromatic rings. The topological polar surface area (TPSA) is 41.1 Å². The third-order valence-corrected chi connectivity index (χ3v) is 3.51. The Morgan fingerprint density at radius 3 is 3.16 bits per heavy atom. The Bertz CT molecular complexity index is 582. The Hall–Kier alpha value is -1.88. The van der Waals surface area contributed by atoms with E-state index in [0.29, 0.717) is 17.9 Å². The van der Waals surface area contributed by atoms with Gasteiger partial charge in [0, 0.05) is 37.7 Å². The molecule has 100 valence electrons. The lowest BCUT2D eigenvalue weighted by molar-refractivity contribution is 0.238. The molecule has 1 N–H and O–H groups in total. The van der Waals surface area contributed by atoms with Gasteiger partial charge in [0.1, 0.15) is 11.6 Å². The number of methoxy groups -OCH3 is 1. The number of aromatic nitrogens is 2. The average molecular weight is 261 g/mol. The van der Waals surface area contributed by atoms with Crippen LogP contribution in [0.4, 0.5) is 4.39 Å². The van der Waals surface area contributed by atoms with Crippen LogP contribution in [0.2, 0.25) is 0 Å². The largest absolute Gasteiger partial charge is 0.497 e. The van der Waals surface area contributed by atoms with Crippen molar-refractivity contribution in [3.63, 3.8) is 0 Å². The lowest BCUT2D eigenvalue weighted by Crippen LogP contribution is -2.30. The zero-order valence-corrected chi connectivity index (χ0v) is 10.8. The molecule has 3 rings (SSSR count). The highest BCUT2D eigenvalue weighted by Gasteiger charge is 2.19. The van der Waals surface area contributed by atoms with Gasteiger partial charge in [-0.25, -0.2) is 9.37 Å².